The van der Waals surface area contributed by atoms with E-state index in [4.69, 9.17) is 5.73 Å². The second kappa shape index (κ2) is 8.45. The molecule has 3 atom stereocenters. The first-order chi connectivity index (χ1) is 13.0. The third-order valence-electron chi connectivity index (χ3n) is 5.01. The van der Waals surface area contributed by atoms with Crippen LogP contribution in [0.4, 0.5) is 5.82 Å². The van der Waals surface area contributed by atoms with E-state index < -0.39 is 6.10 Å². The monoisotopic (exact) mass is 369 g/mol. The summed E-state index contributed by atoms with van der Waals surface area (Å²) < 4.78 is 0. The minimum atomic E-state index is -0.634. The van der Waals surface area contributed by atoms with Gasteiger partial charge in [0.15, 0.2) is 5.82 Å². The summed E-state index contributed by atoms with van der Waals surface area (Å²) in [6.07, 6.45) is -0.352. The molecule has 3 rings (SSSR count). The number of hydrogen-bond donors (Lipinski definition) is 3. The summed E-state index contributed by atoms with van der Waals surface area (Å²) in [4.78, 5) is 14.3. The van der Waals surface area contributed by atoms with Crippen molar-refractivity contribution in [3.63, 3.8) is 0 Å². The fraction of sp³-hybridized carbons (Fsp3) is 0.450. The molecule has 1 fully saturated rings. The molecule has 1 unspecified atom stereocenters. The van der Waals surface area contributed by atoms with Crippen LogP contribution in [0, 0.1) is 6.92 Å². The number of β-amino-alcohol motifs (C(OH)–C–C–N with tert-alkyl or cyclic N) is 1. The van der Waals surface area contributed by atoms with Gasteiger partial charge in [0, 0.05) is 13.1 Å². The fourth-order valence-corrected chi connectivity index (χ4v) is 3.22. The first-order valence-electron chi connectivity index (χ1n) is 9.28. The second-order valence-electron chi connectivity index (χ2n) is 7.23. The SMILES string of the molecule is Cc1ccc(N2C[C@H](O)[C@H](NC(=O)Cc3ccc(C(C)CN)cc3)C2)nn1. The lowest BCUT2D eigenvalue weighted by molar-refractivity contribution is -0.121. The summed E-state index contributed by atoms with van der Waals surface area (Å²) in [5.41, 5.74) is 8.64. The van der Waals surface area contributed by atoms with E-state index in [1.54, 1.807) is 0 Å². The number of nitrogens with two attached hydrogens (primary N) is 1. The highest BCUT2D eigenvalue weighted by Crippen LogP contribution is 2.18. The van der Waals surface area contributed by atoms with E-state index in [-0.39, 0.29) is 18.4 Å². The number of hydrogen-bond acceptors (Lipinski definition) is 6. The largest absolute Gasteiger partial charge is 0.389 e. The summed E-state index contributed by atoms with van der Waals surface area (Å²) in [5, 5.41) is 21.4. The van der Waals surface area contributed by atoms with E-state index in [1.807, 2.05) is 48.2 Å². The Morgan fingerprint density at radius 2 is 2.00 bits per heavy atom. The van der Waals surface area contributed by atoms with E-state index in [0.717, 1.165) is 11.3 Å². The average molecular weight is 369 g/mol. The summed E-state index contributed by atoms with van der Waals surface area (Å²) in [6, 6.07) is 11.4. The molecule has 1 saturated heterocycles. The van der Waals surface area contributed by atoms with Crippen LogP contribution in [0.5, 0.6) is 0 Å². The Morgan fingerprint density at radius 3 is 2.63 bits per heavy atom. The van der Waals surface area contributed by atoms with Gasteiger partial charge in [0.1, 0.15) is 0 Å². The number of rotatable bonds is 6. The van der Waals surface area contributed by atoms with Gasteiger partial charge in [0.25, 0.3) is 0 Å². The number of carbonyl (C=O) groups is 1. The predicted octanol–water partition coefficient (Wildman–Crippen LogP) is 0.756. The van der Waals surface area contributed by atoms with Crippen molar-refractivity contribution in [1.82, 2.24) is 15.5 Å². The zero-order valence-corrected chi connectivity index (χ0v) is 15.8. The Morgan fingerprint density at radius 1 is 1.26 bits per heavy atom. The number of anilines is 1. The van der Waals surface area contributed by atoms with Gasteiger partial charge in [-0.1, -0.05) is 31.2 Å². The summed E-state index contributed by atoms with van der Waals surface area (Å²) in [6.45, 7) is 5.49. The van der Waals surface area contributed by atoms with Crippen molar-refractivity contribution in [2.75, 3.05) is 24.5 Å². The standard InChI is InChI=1S/C20H27N5O2/c1-13(10-21)16-6-4-15(5-7-16)9-20(27)22-17-11-25(12-18(17)26)19-8-3-14(2)23-24-19/h3-8,13,17-18,26H,9-12,21H2,1-2H3,(H,22,27)/t13?,17-,18+/m1/s1. The van der Waals surface area contributed by atoms with Gasteiger partial charge in [-0.25, -0.2) is 0 Å². The molecular formula is C20H27N5O2. The number of benzene rings is 1. The third-order valence-corrected chi connectivity index (χ3v) is 5.01. The molecule has 0 spiro atoms. The smallest absolute Gasteiger partial charge is 0.224 e. The molecule has 144 valence electrons. The van der Waals surface area contributed by atoms with Gasteiger partial charge in [0.2, 0.25) is 5.91 Å². The van der Waals surface area contributed by atoms with E-state index in [9.17, 15) is 9.90 Å². The van der Waals surface area contributed by atoms with Crippen LogP contribution in [0.3, 0.4) is 0 Å². The maximum Gasteiger partial charge on any atom is 0.224 e. The minimum absolute atomic E-state index is 0.101. The number of nitrogens with zero attached hydrogens (tertiary/aromatic N) is 3. The van der Waals surface area contributed by atoms with E-state index in [2.05, 4.69) is 22.4 Å². The highest BCUT2D eigenvalue weighted by atomic mass is 16.3. The predicted molar refractivity (Wildman–Crippen MR) is 105 cm³/mol. The Labute approximate surface area is 159 Å². The molecule has 1 amide bonds. The van der Waals surface area contributed by atoms with Crippen molar-refractivity contribution in [1.29, 1.82) is 0 Å². The molecule has 1 aromatic heterocycles. The number of aryl methyl sites for hydroxylation is 1. The highest BCUT2D eigenvalue weighted by molar-refractivity contribution is 5.79. The number of nitrogens with one attached hydrogen (secondary N) is 1. The number of aliphatic hydroxyl groups excluding tert-OH is 1. The van der Waals surface area contributed by atoms with Crippen LogP contribution in [-0.4, -0.2) is 53.0 Å². The lowest BCUT2D eigenvalue weighted by Crippen LogP contribution is -2.43. The van der Waals surface area contributed by atoms with Gasteiger partial charge in [0.05, 0.1) is 24.3 Å². The summed E-state index contributed by atoms with van der Waals surface area (Å²) in [7, 11) is 0. The van der Waals surface area contributed by atoms with Crippen molar-refractivity contribution >= 4 is 11.7 Å². The lowest BCUT2D eigenvalue weighted by atomic mass is 9.99. The molecule has 7 heteroatoms. The van der Waals surface area contributed by atoms with Crippen LogP contribution in [0.1, 0.15) is 29.7 Å². The quantitative estimate of drug-likeness (QED) is 0.694. The molecule has 27 heavy (non-hydrogen) atoms. The van der Waals surface area contributed by atoms with Gasteiger partial charge in [-0.3, -0.25) is 4.79 Å². The molecule has 0 radical (unpaired) electrons. The molecule has 1 aliphatic rings. The maximum atomic E-state index is 12.4. The molecule has 4 N–H and O–H groups in total. The Bertz CT molecular complexity index is 763. The number of amides is 1. The minimum Gasteiger partial charge on any atom is -0.389 e. The van der Waals surface area contributed by atoms with Crippen LogP contribution in [0.2, 0.25) is 0 Å². The van der Waals surface area contributed by atoms with Gasteiger partial charge in [-0.15, -0.1) is 5.10 Å². The maximum absolute atomic E-state index is 12.4. The zero-order valence-electron chi connectivity index (χ0n) is 15.8. The third kappa shape index (κ3) is 4.81. The van der Waals surface area contributed by atoms with E-state index in [1.165, 1.54) is 5.56 Å². The van der Waals surface area contributed by atoms with Crippen molar-refractivity contribution < 1.29 is 9.90 Å². The normalized spacial score (nSPS) is 20.5. The van der Waals surface area contributed by atoms with Crippen LogP contribution in [-0.2, 0) is 11.2 Å². The van der Waals surface area contributed by atoms with Gasteiger partial charge >= 0.3 is 0 Å². The highest BCUT2D eigenvalue weighted by Gasteiger charge is 2.33. The fourth-order valence-electron chi connectivity index (χ4n) is 3.22. The van der Waals surface area contributed by atoms with Crippen LogP contribution in [0.25, 0.3) is 0 Å². The molecule has 0 aliphatic carbocycles. The van der Waals surface area contributed by atoms with E-state index in [0.29, 0.717) is 31.4 Å². The first kappa shape index (κ1) is 19.3. The Kier molecular flexibility index (Phi) is 6.03. The Hall–Kier alpha value is -2.51. The van der Waals surface area contributed by atoms with Crippen molar-refractivity contribution in [2.45, 2.75) is 38.3 Å². The molecule has 0 bridgehead atoms. The molecule has 7 nitrogen and oxygen atoms in total. The lowest BCUT2D eigenvalue weighted by Gasteiger charge is -2.17. The molecule has 1 aliphatic heterocycles. The molecule has 2 aromatic rings. The average Bonchev–Trinajstić information content (AvgIpc) is 3.02. The molecule has 2 heterocycles. The van der Waals surface area contributed by atoms with Gasteiger partial charge < -0.3 is 21.1 Å². The number of aromatic nitrogens is 2. The number of carbonyl (C=O) groups excluding carboxylic acids is 1. The van der Waals surface area contributed by atoms with Crippen molar-refractivity contribution in [3.05, 3.63) is 53.2 Å². The molecule has 0 saturated carbocycles. The second-order valence-corrected chi connectivity index (χ2v) is 7.23. The molecular weight excluding hydrogens is 342 g/mol. The first-order valence-corrected chi connectivity index (χ1v) is 9.28. The summed E-state index contributed by atoms with van der Waals surface area (Å²) >= 11 is 0. The van der Waals surface area contributed by atoms with Crippen LogP contribution >= 0.6 is 0 Å². The van der Waals surface area contributed by atoms with Gasteiger partial charge in [-0.2, -0.15) is 5.10 Å². The zero-order chi connectivity index (χ0) is 19.4. The molecule has 1 aromatic carbocycles. The topological polar surface area (TPSA) is 104 Å². The Balaban J connectivity index is 1.55. The number of aliphatic hydroxyl groups is 1. The van der Waals surface area contributed by atoms with Crippen LogP contribution < -0.4 is 16.0 Å². The van der Waals surface area contributed by atoms with Crippen molar-refractivity contribution in [2.24, 2.45) is 5.73 Å². The van der Waals surface area contributed by atoms with Crippen LogP contribution in [0.15, 0.2) is 36.4 Å². The van der Waals surface area contributed by atoms with E-state index >= 15 is 0 Å². The van der Waals surface area contributed by atoms with Crippen molar-refractivity contribution in [3.8, 4) is 0 Å². The summed E-state index contributed by atoms with van der Waals surface area (Å²) in [5.74, 6) is 0.911. The van der Waals surface area contributed by atoms with Gasteiger partial charge in [-0.05, 0) is 42.6 Å².